The van der Waals surface area contributed by atoms with Crippen molar-refractivity contribution in [3.8, 4) is 0 Å². The predicted octanol–water partition coefficient (Wildman–Crippen LogP) is 1.46. The van der Waals surface area contributed by atoms with Crippen LogP contribution in [0, 0.1) is 0 Å². The molecule has 1 aromatic carbocycles. The monoisotopic (exact) mass is 191 g/mol. The average Bonchev–Trinajstić information content (AvgIpc) is 2.67. The molecule has 0 spiro atoms. The van der Waals surface area contributed by atoms with Gasteiger partial charge in [-0.3, -0.25) is 0 Å². The van der Waals surface area contributed by atoms with Gasteiger partial charge in [0, 0.05) is 0 Å². The number of nitrogens with one attached hydrogen (secondary N) is 1. The van der Waals surface area contributed by atoms with Gasteiger partial charge < -0.3 is 5.11 Å². The fourth-order valence-electron chi connectivity index (χ4n) is 1.04. The molecule has 1 heterocycles. The summed E-state index contributed by atoms with van der Waals surface area (Å²) in [5.74, 6) is -0.991. The van der Waals surface area contributed by atoms with Gasteiger partial charge in [0.1, 0.15) is 11.0 Å². The van der Waals surface area contributed by atoms with Gasteiger partial charge in [0.2, 0.25) is 0 Å². The Morgan fingerprint density at radius 1 is 1.36 bits per heavy atom. The third-order valence-electron chi connectivity index (χ3n) is 1.58. The van der Waals surface area contributed by atoms with Crippen LogP contribution in [0.5, 0.6) is 0 Å². The molecule has 14 heavy (non-hydrogen) atoms. The van der Waals surface area contributed by atoms with Crippen molar-refractivity contribution in [3.63, 3.8) is 0 Å². The van der Waals surface area contributed by atoms with Crippen molar-refractivity contribution in [2.24, 2.45) is 0 Å². The minimum absolute atomic E-state index is 0.168. The molecule has 0 radical (unpaired) electrons. The second kappa shape index (κ2) is 4.18. The van der Waals surface area contributed by atoms with E-state index in [1.54, 1.807) is 12.1 Å². The fourth-order valence-corrected chi connectivity index (χ4v) is 1.04. The van der Waals surface area contributed by atoms with E-state index in [4.69, 9.17) is 5.11 Å². The van der Waals surface area contributed by atoms with Gasteiger partial charge in [-0.05, 0) is 12.1 Å². The maximum Gasteiger partial charge on any atom is 0.338 e. The number of benzene rings is 1. The summed E-state index contributed by atoms with van der Waals surface area (Å²) in [5, 5.41) is 18.6. The van der Waals surface area contributed by atoms with Crippen molar-refractivity contribution in [3.05, 3.63) is 36.9 Å². The van der Waals surface area contributed by atoms with Crippen LogP contribution in [0.15, 0.2) is 31.4 Å². The lowest BCUT2D eigenvalue weighted by atomic mass is 10.2. The zero-order valence-corrected chi connectivity index (χ0v) is 7.40. The first-order chi connectivity index (χ1) is 6.79. The van der Waals surface area contributed by atoms with Gasteiger partial charge in [-0.15, -0.1) is 13.2 Å². The molecule has 0 unspecified atom stereocenters. The van der Waals surface area contributed by atoms with E-state index in [1.807, 2.05) is 0 Å². The molecule has 0 saturated carbocycles. The highest BCUT2D eigenvalue weighted by Crippen LogP contribution is 2.12. The molecule has 0 aliphatic heterocycles. The summed E-state index contributed by atoms with van der Waals surface area (Å²) in [6, 6.07) is 4.83. The Bertz CT molecular complexity index is 450. The third-order valence-corrected chi connectivity index (χ3v) is 1.58. The first kappa shape index (κ1) is 9.91. The standard InChI is InChI=1S/C7H5N3O2.C2H4/c11-7(12)4-2-1-3-5-6(4)9-10-8-5;1-2/h1-3H,(H,11,12)(H,8,9,10);1-2H2. The Kier molecular flexibility index (Phi) is 2.96. The number of aromatic amines is 1. The molecule has 0 amide bonds. The molecular formula is C9H9N3O2. The highest BCUT2D eigenvalue weighted by atomic mass is 16.4. The van der Waals surface area contributed by atoms with Gasteiger partial charge in [-0.25, -0.2) is 4.79 Å². The molecule has 0 aliphatic rings. The highest BCUT2D eigenvalue weighted by Gasteiger charge is 2.09. The van der Waals surface area contributed by atoms with Gasteiger partial charge in [-0.2, -0.15) is 15.4 Å². The van der Waals surface area contributed by atoms with Crippen molar-refractivity contribution in [2.75, 3.05) is 0 Å². The van der Waals surface area contributed by atoms with Crippen LogP contribution in [-0.2, 0) is 0 Å². The zero-order valence-electron chi connectivity index (χ0n) is 7.40. The quantitative estimate of drug-likeness (QED) is 0.669. The highest BCUT2D eigenvalue weighted by molar-refractivity contribution is 6.00. The Morgan fingerprint density at radius 3 is 2.71 bits per heavy atom. The SMILES string of the molecule is C=C.O=C(O)c1cccc2n[nH]nc12. The molecule has 0 fully saturated rings. The van der Waals surface area contributed by atoms with Gasteiger partial charge >= 0.3 is 5.97 Å². The number of hydrogen-bond donors (Lipinski definition) is 2. The average molecular weight is 191 g/mol. The number of carboxylic acid groups (broad SMARTS) is 1. The van der Waals surface area contributed by atoms with Crippen molar-refractivity contribution in [1.29, 1.82) is 0 Å². The maximum atomic E-state index is 10.6. The topological polar surface area (TPSA) is 78.9 Å². The second-order valence-electron chi connectivity index (χ2n) is 2.30. The molecule has 0 aliphatic carbocycles. The Morgan fingerprint density at radius 2 is 2.07 bits per heavy atom. The normalized spacial score (nSPS) is 9.14. The number of carbonyl (C=O) groups is 1. The molecule has 1 aromatic heterocycles. The summed E-state index contributed by atoms with van der Waals surface area (Å²) in [4.78, 5) is 10.6. The predicted molar refractivity (Wildman–Crippen MR) is 52.1 cm³/mol. The molecule has 0 atom stereocenters. The first-order valence-corrected chi connectivity index (χ1v) is 3.82. The van der Waals surface area contributed by atoms with E-state index in [0.717, 1.165) is 0 Å². The first-order valence-electron chi connectivity index (χ1n) is 3.82. The molecule has 72 valence electrons. The lowest BCUT2D eigenvalue weighted by Gasteiger charge is -1.91. The number of hydrogen-bond acceptors (Lipinski definition) is 3. The Hall–Kier alpha value is -2.17. The number of H-pyrrole nitrogens is 1. The van der Waals surface area contributed by atoms with Gasteiger partial charge in [0.05, 0.1) is 5.56 Å². The minimum atomic E-state index is -0.991. The number of fused-ring (bicyclic) bond motifs is 1. The van der Waals surface area contributed by atoms with Crippen molar-refractivity contribution < 1.29 is 9.90 Å². The molecule has 0 saturated heterocycles. The molecule has 5 heteroatoms. The van der Waals surface area contributed by atoms with Crippen molar-refractivity contribution in [2.45, 2.75) is 0 Å². The second-order valence-corrected chi connectivity index (χ2v) is 2.30. The molecule has 0 bridgehead atoms. The largest absolute Gasteiger partial charge is 0.478 e. The number of rotatable bonds is 1. The van der Waals surface area contributed by atoms with Gasteiger partial charge in [-0.1, -0.05) is 6.07 Å². The van der Waals surface area contributed by atoms with Crippen molar-refractivity contribution >= 4 is 17.0 Å². The molecule has 5 nitrogen and oxygen atoms in total. The van der Waals surface area contributed by atoms with Crippen LogP contribution < -0.4 is 0 Å². The summed E-state index contributed by atoms with van der Waals surface area (Å²) >= 11 is 0. The summed E-state index contributed by atoms with van der Waals surface area (Å²) in [6.07, 6.45) is 0. The van der Waals surface area contributed by atoms with Crippen LogP contribution in [-0.4, -0.2) is 26.5 Å². The van der Waals surface area contributed by atoms with Crippen LogP contribution in [0.1, 0.15) is 10.4 Å². The molecule has 2 aromatic rings. The van der Waals surface area contributed by atoms with Crippen LogP contribution in [0.4, 0.5) is 0 Å². The van der Waals surface area contributed by atoms with E-state index >= 15 is 0 Å². The number of aromatic nitrogens is 3. The number of aromatic carboxylic acids is 1. The summed E-state index contributed by atoms with van der Waals surface area (Å²) in [5.41, 5.74) is 1.13. The van der Waals surface area contributed by atoms with Gasteiger partial charge in [0.15, 0.2) is 0 Å². The summed E-state index contributed by atoms with van der Waals surface area (Å²) in [6.45, 7) is 6.00. The van der Waals surface area contributed by atoms with Crippen LogP contribution >= 0.6 is 0 Å². The lowest BCUT2D eigenvalue weighted by Crippen LogP contribution is -1.96. The molecule has 2 N–H and O–H groups in total. The number of carboxylic acids is 1. The summed E-state index contributed by atoms with van der Waals surface area (Å²) < 4.78 is 0. The van der Waals surface area contributed by atoms with E-state index in [0.29, 0.717) is 11.0 Å². The fraction of sp³-hybridized carbons (Fsp3) is 0. The number of nitrogens with zero attached hydrogens (tertiary/aromatic N) is 2. The number of para-hydroxylation sites is 1. The van der Waals surface area contributed by atoms with Crippen LogP contribution in [0.3, 0.4) is 0 Å². The zero-order chi connectivity index (χ0) is 10.6. The van der Waals surface area contributed by atoms with E-state index in [9.17, 15) is 4.79 Å². The maximum absolute atomic E-state index is 10.6. The van der Waals surface area contributed by atoms with E-state index in [2.05, 4.69) is 28.6 Å². The van der Waals surface area contributed by atoms with Gasteiger partial charge in [0.25, 0.3) is 0 Å². The molecule has 2 rings (SSSR count). The van der Waals surface area contributed by atoms with E-state index < -0.39 is 5.97 Å². The Labute approximate surface area is 80.1 Å². The molecular weight excluding hydrogens is 182 g/mol. The van der Waals surface area contributed by atoms with Crippen molar-refractivity contribution in [1.82, 2.24) is 15.4 Å². The summed E-state index contributed by atoms with van der Waals surface area (Å²) in [7, 11) is 0. The van der Waals surface area contributed by atoms with E-state index in [1.165, 1.54) is 6.07 Å². The third kappa shape index (κ3) is 1.61. The Balaban J connectivity index is 0.000000461. The van der Waals surface area contributed by atoms with E-state index in [-0.39, 0.29) is 5.56 Å². The van der Waals surface area contributed by atoms with Crippen LogP contribution in [0.25, 0.3) is 11.0 Å². The van der Waals surface area contributed by atoms with Crippen LogP contribution in [0.2, 0.25) is 0 Å². The minimum Gasteiger partial charge on any atom is -0.478 e. The lowest BCUT2D eigenvalue weighted by molar-refractivity contribution is 0.0699. The smallest absolute Gasteiger partial charge is 0.338 e.